The number of benzene rings is 1. The standard InChI is InChI=1S/C21H33NO6/c1-6-10-27-17-13-15(12-16(26-9-4)19(17)28-11-7-2)20(23)22-18(21(24)25)14(5)8-3/h12-14,18H,6-11H2,1-5H3,(H,22,23)(H,24,25)/t14-,18-/m0/s1. The van der Waals surface area contributed by atoms with Crippen LogP contribution in [0.15, 0.2) is 12.1 Å². The van der Waals surface area contributed by atoms with Gasteiger partial charge >= 0.3 is 5.97 Å². The monoisotopic (exact) mass is 395 g/mol. The van der Waals surface area contributed by atoms with Gasteiger partial charge in [-0.05, 0) is 37.8 Å². The number of carbonyl (C=O) groups is 2. The molecule has 0 spiro atoms. The van der Waals surface area contributed by atoms with Crippen LogP contribution in [-0.4, -0.2) is 42.8 Å². The fourth-order valence-corrected chi connectivity index (χ4v) is 2.54. The van der Waals surface area contributed by atoms with E-state index in [0.29, 0.717) is 43.5 Å². The molecule has 2 atom stereocenters. The highest BCUT2D eigenvalue weighted by Crippen LogP contribution is 2.39. The molecule has 1 amide bonds. The van der Waals surface area contributed by atoms with E-state index in [4.69, 9.17) is 14.2 Å². The van der Waals surface area contributed by atoms with Crippen molar-refractivity contribution >= 4 is 11.9 Å². The second-order valence-corrected chi connectivity index (χ2v) is 6.61. The van der Waals surface area contributed by atoms with Crippen LogP contribution in [0.1, 0.15) is 64.2 Å². The Kier molecular flexibility index (Phi) is 10.2. The lowest BCUT2D eigenvalue weighted by atomic mass is 9.99. The highest BCUT2D eigenvalue weighted by molar-refractivity contribution is 5.97. The molecule has 28 heavy (non-hydrogen) atoms. The Morgan fingerprint density at radius 1 is 1.00 bits per heavy atom. The summed E-state index contributed by atoms with van der Waals surface area (Å²) in [6.07, 6.45) is 2.25. The van der Waals surface area contributed by atoms with Gasteiger partial charge < -0.3 is 24.6 Å². The zero-order valence-corrected chi connectivity index (χ0v) is 17.5. The number of carboxylic acid groups (broad SMARTS) is 1. The first-order valence-electron chi connectivity index (χ1n) is 9.99. The van der Waals surface area contributed by atoms with E-state index in [0.717, 1.165) is 12.8 Å². The maximum Gasteiger partial charge on any atom is 0.326 e. The SMILES string of the molecule is CCCOc1cc(C(=O)N[C@H](C(=O)O)[C@@H](C)CC)cc(OCC)c1OCCC. The van der Waals surface area contributed by atoms with Crippen molar-refractivity contribution in [3.8, 4) is 17.2 Å². The summed E-state index contributed by atoms with van der Waals surface area (Å²) in [5, 5.41) is 12.0. The first-order chi connectivity index (χ1) is 13.4. The minimum Gasteiger partial charge on any atom is -0.490 e. The van der Waals surface area contributed by atoms with Gasteiger partial charge in [0, 0.05) is 5.56 Å². The predicted molar refractivity (Wildman–Crippen MR) is 108 cm³/mol. The van der Waals surface area contributed by atoms with Crippen LogP contribution in [0.3, 0.4) is 0 Å². The fourth-order valence-electron chi connectivity index (χ4n) is 2.54. The second-order valence-electron chi connectivity index (χ2n) is 6.61. The van der Waals surface area contributed by atoms with Crippen LogP contribution >= 0.6 is 0 Å². The van der Waals surface area contributed by atoms with Crippen molar-refractivity contribution < 1.29 is 28.9 Å². The molecule has 0 aromatic heterocycles. The molecule has 0 unspecified atom stereocenters. The van der Waals surface area contributed by atoms with Crippen molar-refractivity contribution in [2.75, 3.05) is 19.8 Å². The molecule has 7 nitrogen and oxygen atoms in total. The number of rotatable bonds is 13. The first-order valence-corrected chi connectivity index (χ1v) is 9.99. The first kappa shape index (κ1) is 23.6. The maximum absolute atomic E-state index is 12.8. The molecule has 1 aromatic rings. The normalized spacial score (nSPS) is 12.8. The predicted octanol–water partition coefficient (Wildman–Crippen LogP) is 3.89. The average molecular weight is 395 g/mol. The van der Waals surface area contributed by atoms with Crippen LogP contribution in [0.4, 0.5) is 0 Å². The summed E-state index contributed by atoms with van der Waals surface area (Å²) in [7, 11) is 0. The van der Waals surface area contributed by atoms with E-state index < -0.39 is 17.9 Å². The molecular formula is C21H33NO6. The third-order valence-electron chi connectivity index (χ3n) is 4.26. The lowest BCUT2D eigenvalue weighted by Crippen LogP contribution is -2.45. The van der Waals surface area contributed by atoms with Crippen molar-refractivity contribution in [1.82, 2.24) is 5.32 Å². The van der Waals surface area contributed by atoms with Crippen molar-refractivity contribution in [2.24, 2.45) is 5.92 Å². The van der Waals surface area contributed by atoms with E-state index in [9.17, 15) is 14.7 Å². The quantitative estimate of drug-likeness (QED) is 0.526. The molecule has 0 saturated heterocycles. The van der Waals surface area contributed by atoms with Gasteiger partial charge in [-0.2, -0.15) is 0 Å². The Balaban J connectivity index is 3.27. The number of carbonyl (C=O) groups excluding carboxylic acids is 1. The molecule has 1 rings (SSSR count). The number of amides is 1. The lowest BCUT2D eigenvalue weighted by molar-refractivity contribution is -0.140. The van der Waals surface area contributed by atoms with Gasteiger partial charge in [-0.15, -0.1) is 0 Å². The van der Waals surface area contributed by atoms with Gasteiger partial charge in [-0.3, -0.25) is 4.79 Å². The van der Waals surface area contributed by atoms with E-state index in [1.807, 2.05) is 27.7 Å². The van der Waals surface area contributed by atoms with Gasteiger partial charge in [0.1, 0.15) is 6.04 Å². The Bertz CT molecular complexity index is 646. The Morgan fingerprint density at radius 3 is 2.07 bits per heavy atom. The number of carboxylic acids is 1. The number of nitrogens with one attached hydrogen (secondary N) is 1. The van der Waals surface area contributed by atoms with Crippen LogP contribution in [0, 0.1) is 5.92 Å². The van der Waals surface area contributed by atoms with Crippen molar-refractivity contribution in [3.63, 3.8) is 0 Å². The van der Waals surface area contributed by atoms with Crippen LogP contribution in [0.5, 0.6) is 17.2 Å². The third kappa shape index (κ3) is 6.62. The van der Waals surface area contributed by atoms with Crippen LogP contribution in [-0.2, 0) is 4.79 Å². The summed E-state index contributed by atoms with van der Waals surface area (Å²) in [6.45, 7) is 10.8. The summed E-state index contributed by atoms with van der Waals surface area (Å²) >= 11 is 0. The van der Waals surface area contributed by atoms with Gasteiger partial charge in [0.05, 0.1) is 19.8 Å². The van der Waals surface area contributed by atoms with Gasteiger partial charge in [0.25, 0.3) is 5.91 Å². The molecule has 0 heterocycles. The zero-order chi connectivity index (χ0) is 21.1. The number of hydrogen-bond donors (Lipinski definition) is 2. The van der Waals surface area contributed by atoms with Gasteiger partial charge in [-0.25, -0.2) is 4.79 Å². The number of aliphatic carboxylic acids is 1. The molecule has 158 valence electrons. The molecule has 2 N–H and O–H groups in total. The van der Waals surface area contributed by atoms with E-state index >= 15 is 0 Å². The van der Waals surface area contributed by atoms with E-state index in [-0.39, 0.29) is 11.5 Å². The topological polar surface area (TPSA) is 94.1 Å². The number of ether oxygens (including phenoxy) is 3. The molecule has 0 bridgehead atoms. The van der Waals surface area contributed by atoms with Crippen LogP contribution in [0.2, 0.25) is 0 Å². The largest absolute Gasteiger partial charge is 0.490 e. The Labute approximate surface area is 167 Å². The molecule has 0 fully saturated rings. The molecule has 1 aromatic carbocycles. The molecule has 0 aliphatic carbocycles. The molecule has 0 aliphatic rings. The van der Waals surface area contributed by atoms with Crippen molar-refractivity contribution in [1.29, 1.82) is 0 Å². The summed E-state index contributed by atoms with van der Waals surface area (Å²) in [5.74, 6) is -0.455. The maximum atomic E-state index is 12.8. The second kappa shape index (κ2) is 12.1. The Morgan fingerprint density at radius 2 is 1.57 bits per heavy atom. The third-order valence-corrected chi connectivity index (χ3v) is 4.26. The fraction of sp³-hybridized carbons (Fsp3) is 0.619. The smallest absolute Gasteiger partial charge is 0.326 e. The van der Waals surface area contributed by atoms with Crippen LogP contribution < -0.4 is 19.5 Å². The molecule has 0 radical (unpaired) electrons. The summed E-state index contributed by atoms with van der Waals surface area (Å²) in [5.41, 5.74) is 0.271. The van der Waals surface area contributed by atoms with Crippen molar-refractivity contribution in [2.45, 2.75) is 59.9 Å². The van der Waals surface area contributed by atoms with Crippen LogP contribution in [0.25, 0.3) is 0 Å². The molecule has 7 heteroatoms. The van der Waals surface area contributed by atoms with Gasteiger partial charge in [0.15, 0.2) is 11.5 Å². The van der Waals surface area contributed by atoms with E-state index in [1.54, 1.807) is 19.1 Å². The average Bonchev–Trinajstić information content (AvgIpc) is 2.68. The summed E-state index contributed by atoms with van der Waals surface area (Å²) < 4.78 is 17.2. The van der Waals surface area contributed by atoms with Crippen molar-refractivity contribution in [3.05, 3.63) is 17.7 Å². The molecule has 0 aliphatic heterocycles. The van der Waals surface area contributed by atoms with E-state index in [1.165, 1.54) is 0 Å². The highest BCUT2D eigenvalue weighted by atomic mass is 16.5. The minimum atomic E-state index is -1.06. The Hall–Kier alpha value is -2.44. The lowest BCUT2D eigenvalue weighted by Gasteiger charge is -2.21. The number of hydrogen-bond acceptors (Lipinski definition) is 5. The zero-order valence-electron chi connectivity index (χ0n) is 17.5. The van der Waals surface area contributed by atoms with Gasteiger partial charge in [-0.1, -0.05) is 34.1 Å². The van der Waals surface area contributed by atoms with E-state index in [2.05, 4.69) is 5.32 Å². The highest BCUT2D eigenvalue weighted by Gasteiger charge is 2.27. The molecular weight excluding hydrogens is 362 g/mol. The summed E-state index contributed by atoms with van der Waals surface area (Å²) in [6, 6.07) is 2.18. The van der Waals surface area contributed by atoms with Gasteiger partial charge in [0.2, 0.25) is 5.75 Å². The minimum absolute atomic E-state index is 0.198. The molecule has 0 saturated carbocycles. The summed E-state index contributed by atoms with van der Waals surface area (Å²) in [4.78, 5) is 24.3.